The minimum absolute atomic E-state index is 0.149. The van der Waals surface area contributed by atoms with Crippen molar-refractivity contribution >= 4 is 15.9 Å². The highest BCUT2D eigenvalue weighted by atomic mass is 79.9. The Balaban J connectivity index is 2.49. The topological polar surface area (TPSA) is 0 Å². The van der Waals surface area contributed by atoms with Gasteiger partial charge in [0, 0.05) is 10.0 Å². The summed E-state index contributed by atoms with van der Waals surface area (Å²) in [4.78, 5) is 0. The third kappa shape index (κ3) is 2.42. The molecule has 0 spiro atoms. The zero-order valence-electron chi connectivity index (χ0n) is 9.93. The minimum atomic E-state index is -0.149. The van der Waals surface area contributed by atoms with Gasteiger partial charge in [0.1, 0.15) is 5.82 Å². The van der Waals surface area contributed by atoms with Crippen molar-refractivity contribution in [3.8, 4) is 11.1 Å². The second-order valence-corrected chi connectivity index (χ2v) is 4.94. The molecule has 0 aliphatic rings. The second kappa shape index (κ2) is 5.01. The number of aryl methyl sites for hydroxylation is 1. The van der Waals surface area contributed by atoms with Gasteiger partial charge in [-0.3, -0.25) is 0 Å². The third-order valence-electron chi connectivity index (χ3n) is 2.99. The molecule has 88 valence electrons. The first-order chi connectivity index (χ1) is 8.13. The van der Waals surface area contributed by atoms with E-state index in [0.717, 1.165) is 16.5 Å². The lowest BCUT2D eigenvalue weighted by molar-refractivity contribution is 0.621. The Morgan fingerprint density at radius 2 is 1.71 bits per heavy atom. The van der Waals surface area contributed by atoms with Crippen molar-refractivity contribution in [2.45, 2.75) is 20.3 Å². The molecular weight excluding hydrogens is 279 g/mol. The van der Waals surface area contributed by atoms with Crippen LogP contribution in [-0.4, -0.2) is 0 Å². The van der Waals surface area contributed by atoms with Gasteiger partial charge in [0.2, 0.25) is 0 Å². The lowest BCUT2D eigenvalue weighted by Gasteiger charge is -2.08. The molecule has 0 bridgehead atoms. The van der Waals surface area contributed by atoms with Crippen LogP contribution in [0.5, 0.6) is 0 Å². The smallest absolute Gasteiger partial charge is 0.135 e. The van der Waals surface area contributed by atoms with E-state index in [0.29, 0.717) is 11.1 Å². The van der Waals surface area contributed by atoms with E-state index >= 15 is 0 Å². The van der Waals surface area contributed by atoms with Gasteiger partial charge in [0.05, 0.1) is 0 Å². The lowest BCUT2D eigenvalue weighted by atomic mass is 10.0. The molecule has 0 unspecified atom stereocenters. The van der Waals surface area contributed by atoms with E-state index in [4.69, 9.17) is 0 Å². The highest BCUT2D eigenvalue weighted by Gasteiger charge is 2.09. The summed E-state index contributed by atoms with van der Waals surface area (Å²) >= 11 is 3.34. The summed E-state index contributed by atoms with van der Waals surface area (Å²) in [7, 11) is 0. The molecular formula is C15H14BrF. The van der Waals surface area contributed by atoms with Crippen molar-refractivity contribution < 1.29 is 4.39 Å². The molecule has 0 saturated carbocycles. The number of benzene rings is 2. The number of rotatable bonds is 2. The highest BCUT2D eigenvalue weighted by Crippen LogP contribution is 2.29. The van der Waals surface area contributed by atoms with Gasteiger partial charge >= 0.3 is 0 Å². The zero-order valence-corrected chi connectivity index (χ0v) is 11.5. The van der Waals surface area contributed by atoms with Gasteiger partial charge in [0.25, 0.3) is 0 Å². The molecule has 0 saturated heterocycles. The maximum Gasteiger partial charge on any atom is 0.135 e. The van der Waals surface area contributed by atoms with Crippen LogP contribution in [0.25, 0.3) is 11.1 Å². The first-order valence-corrected chi connectivity index (χ1v) is 6.46. The van der Waals surface area contributed by atoms with Crippen LogP contribution < -0.4 is 0 Å². The molecule has 0 aliphatic carbocycles. The molecule has 0 amide bonds. The molecule has 0 aromatic heterocycles. The molecule has 0 heterocycles. The average Bonchev–Trinajstić information content (AvgIpc) is 2.36. The van der Waals surface area contributed by atoms with Crippen LogP contribution in [0.15, 0.2) is 40.9 Å². The van der Waals surface area contributed by atoms with E-state index < -0.39 is 0 Å². The Morgan fingerprint density at radius 3 is 2.29 bits per heavy atom. The van der Waals surface area contributed by atoms with E-state index in [1.807, 2.05) is 36.4 Å². The maximum atomic E-state index is 14.1. The monoisotopic (exact) mass is 292 g/mol. The van der Waals surface area contributed by atoms with Gasteiger partial charge in [0.15, 0.2) is 0 Å². The number of hydrogen-bond acceptors (Lipinski definition) is 0. The van der Waals surface area contributed by atoms with Gasteiger partial charge in [-0.05, 0) is 36.1 Å². The van der Waals surface area contributed by atoms with E-state index in [1.165, 1.54) is 5.56 Å². The minimum Gasteiger partial charge on any atom is -0.206 e. The van der Waals surface area contributed by atoms with Crippen molar-refractivity contribution in [2.24, 2.45) is 0 Å². The van der Waals surface area contributed by atoms with Gasteiger partial charge in [-0.25, -0.2) is 4.39 Å². The van der Waals surface area contributed by atoms with Gasteiger partial charge in [-0.15, -0.1) is 0 Å². The SMILES string of the molecule is CCc1ccc(-c2ccc(Br)c(C)c2F)cc1. The summed E-state index contributed by atoms with van der Waals surface area (Å²) in [5.41, 5.74) is 3.51. The normalized spacial score (nSPS) is 10.6. The Labute approximate surface area is 110 Å². The van der Waals surface area contributed by atoms with E-state index in [-0.39, 0.29) is 5.82 Å². The van der Waals surface area contributed by atoms with Crippen molar-refractivity contribution in [1.82, 2.24) is 0 Å². The first-order valence-electron chi connectivity index (χ1n) is 5.67. The van der Waals surface area contributed by atoms with Crippen LogP contribution in [-0.2, 0) is 6.42 Å². The largest absolute Gasteiger partial charge is 0.206 e. The Bertz CT molecular complexity index is 529. The molecule has 0 fully saturated rings. The molecule has 0 N–H and O–H groups in total. The Morgan fingerprint density at radius 1 is 1.06 bits per heavy atom. The van der Waals surface area contributed by atoms with Crippen molar-refractivity contribution in [1.29, 1.82) is 0 Å². The van der Waals surface area contributed by atoms with Crippen molar-refractivity contribution in [2.75, 3.05) is 0 Å². The average molecular weight is 293 g/mol. The van der Waals surface area contributed by atoms with Gasteiger partial charge in [-0.1, -0.05) is 53.2 Å². The van der Waals surface area contributed by atoms with E-state index in [1.54, 1.807) is 6.92 Å². The van der Waals surface area contributed by atoms with Crippen LogP contribution in [0, 0.1) is 12.7 Å². The summed E-state index contributed by atoms with van der Waals surface area (Å²) in [5, 5.41) is 0. The van der Waals surface area contributed by atoms with E-state index in [9.17, 15) is 4.39 Å². The molecule has 17 heavy (non-hydrogen) atoms. The molecule has 2 rings (SSSR count). The fraction of sp³-hybridized carbons (Fsp3) is 0.200. The predicted octanol–water partition coefficient (Wildman–Crippen LogP) is 5.13. The predicted molar refractivity (Wildman–Crippen MR) is 73.7 cm³/mol. The molecule has 0 atom stereocenters. The number of hydrogen-bond donors (Lipinski definition) is 0. The molecule has 0 aliphatic heterocycles. The molecule has 2 aromatic carbocycles. The summed E-state index contributed by atoms with van der Waals surface area (Å²) < 4.78 is 14.9. The fourth-order valence-corrected chi connectivity index (χ4v) is 2.11. The molecule has 0 nitrogen and oxygen atoms in total. The van der Waals surface area contributed by atoms with E-state index in [2.05, 4.69) is 22.9 Å². The van der Waals surface area contributed by atoms with Crippen LogP contribution >= 0.6 is 15.9 Å². The van der Waals surface area contributed by atoms with Crippen LogP contribution in [0.1, 0.15) is 18.1 Å². The van der Waals surface area contributed by atoms with Gasteiger partial charge in [-0.2, -0.15) is 0 Å². The summed E-state index contributed by atoms with van der Waals surface area (Å²) in [6.45, 7) is 3.89. The maximum absolute atomic E-state index is 14.1. The number of halogens is 2. The summed E-state index contributed by atoms with van der Waals surface area (Å²) in [6.07, 6.45) is 1.00. The quantitative estimate of drug-likeness (QED) is 0.720. The van der Waals surface area contributed by atoms with Crippen LogP contribution in [0.3, 0.4) is 0 Å². The lowest BCUT2D eigenvalue weighted by Crippen LogP contribution is -1.90. The first kappa shape index (κ1) is 12.3. The third-order valence-corrected chi connectivity index (χ3v) is 3.85. The van der Waals surface area contributed by atoms with Crippen molar-refractivity contribution in [3.05, 3.63) is 57.8 Å². The molecule has 2 aromatic rings. The Hall–Kier alpha value is -1.15. The zero-order chi connectivity index (χ0) is 12.4. The fourth-order valence-electron chi connectivity index (χ4n) is 1.80. The Kier molecular flexibility index (Phi) is 3.63. The highest BCUT2D eigenvalue weighted by molar-refractivity contribution is 9.10. The van der Waals surface area contributed by atoms with Crippen molar-refractivity contribution in [3.63, 3.8) is 0 Å². The van der Waals surface area contributed by atoms with Crippen LogP contribution in [0.4, 0.5) is 4.39 Å². The summed E-state index contributed by atoms with van der Waals surface area (Å²) in [5.74, 6) is -0.149. The molecule has 2 heteroatoms. The summed E-state index contributed by atoms with van der Waals surface area (Å²) in [6, 6.07) is 11.8. The van der Waals surface area contributed by atoms with Crippen LogP contribution in [0.2, 0.25) is 0 Å². The van der Waals surface area contributed by atoms with Gasteiger partial charge < -0.3 is 0 Å². The second-order valence-electron chi connectivity index (χ2n) is 4.08. The standard InChI is InChI=1S/C15H14BrF/c1-3-11-4-6-12(7-5-11)13-8-9-14(16)10(2)15(13)17/h4-9H,3H2,1-2H3. The molecule has 0 radical (unpaired) electrons.